The predicted octanol–water partition coefficient (Wildman–Crippen LogP) is 11.2. The van der Waals surface area contributed by atoms with Crippen LogP contribution in [0.4, 0.5) is 0 Å². The molecule has 0 aromatic carbocycles. The zero-order valence-electron chi connectivity index (χ0n) is 38.0. The van der Waals surface area contributed by atoms with Gasteiger partial charge in [-0.15, -0.1) is 0 Å². The van der Waals surface area contributed by atoms with Gasteiger partial charge in [-0.05, 0) is 83.2 Å². The van der Waals surface area contributed by atoms with Gasteiger partial charge in [0, 0.05) is 31.4 Å². The van der Waals surface area contributed by atoms with Gasteiger partial charge >= 0.3 is 11.9 Å². The van der Waals surface area contributed by atoms with E-state index in [1.54, 1.807) is 6.08 Å². The highest BCUT2D eigenvalue weighted by Gasteiger charge is 2.52. The molecule has 2 saturated heterocycles. The molecule has 3 aliphatic rings. The molecule has 0 aliphatic carbocycles. The number of hydrogen-bond donors (Lipinski definition) is 0. The first-order valence-corrected chi connectivity index (χ1v) is 26.8. The largest absolute Gasteiger partial charge is 0.465 e. The van der Waals surface area contributed by atoms with Crippen molar-refractivity contribution in [3.8, 4) is 0 Å². The number of allylic oxidation sites excluding steroid dienone is 6. The Morgan fingerprint density at radius 2 is 1.55 bits per heavy atom. The van der Waals surface area contributed by atoms with Crippen molar-refractivity contribution < 1.29 is 37.4 Å². The number of esters is 2. The Morgan fingerprint density at radius 3 is 2.18 bits per heavy atom. The van der Waals surface area contributed by atoms with Crippen molar-refractivity contribution in [2.75, 3.05) is 13.2 Å². The molecule has 2 fully saturated rings. The number of fused-ring (bicyclic) bond motifs is 4. The summed E-state index contributed by atoms with van der Waals surface area (Å²) in [7, 11) is -4.19. The zero-order chi connectivity index (χ0) is 42.3. The van der Waals surface area contributed by atoms with Crippen LogP contribution in [0.3, 0.4) is 0 Å². The molecule has 0 saturated carbocycles. The van der Waals surface area contributed by atoms with Gasteiger partial charge in [-0.2, -0.15) is 0 Å². The van der Waals surface area contributed by atoms with Gasteiger partial charge in [0.25, 0.3) is 0 Å². The van der Waals surface area contributed by atoms with Crippen molar-refractivity contribution in [1.29, 1.82) is 0 Å². The molecule has 10 heteroatoms. The van der Waals surface area contributed by atoms with Gasteiger partial charge in [-0.1, -0.05) is 110 Å². The van der Waals surface area contributed by atoms with E-state index in [1.807, 2.05) is 26.8 Å². The van der Waals surface area contributed by atoms with Gasteiger partial charge in [0.2, 0.25) is 0 Å². The van der Waals surface area contributed by atoms with Crippen molar-refractivity contribution in [3.05, 3.63) is 60.3 Å². The van der Waals surface area contributed by atoms with Crippen LogP contribution >= 0.6 is 0 Å². The highest BCUT2D eigenvalue weighted by atomic mass is 28.4. The quantitative estimate of drug-likeness (QED) is 0.136. The first kappa shape index (κ1) is 48.3. The summed E-state index contributed by atoms with van der Waals surface area (Å²) in [5, 5.41) is 0.103. The van der Waals surface area contributed by atoms with Crippen LogP contribution in [-0.2, 0) is 37.4 Å². The lowest BCUT2D eigenvalue weighted by Crippen LogP contribution is -2.57. The fourth-order valence-electron chi connectivity index (χ4n) is 6.67. The van der Waals surface area contributed by atoms with E-state index in [0.29, 0.717) is 32.3 Å². The second kappa shape index (κ2) is 19.3. The van der Waals surface area contributed by atoms with Gasteiger partial charge < -0.3 is 27.8 Å². The summed E-state index contributed by atoms with van der Waals surface area (Å²) in [6.45, 7) is 35.2. The summed E-state index contributed by atoms with van der Waals surface area (Å²) < 4.78 is 39.5. The summed E-state index contributed by atoms with van der Waals surface area (Å²) in [5.74, 6) is -0.464. The van der Waals surface area contributed by atoms with Gasteiger partial charge in [-0.3, -0.25) is 4.79 Å². The molecule has 0 N–H and O–H groups in total. The fourth-order valence-corrected chi connectivity index (χ4v) is 9.19. The highest BCUT2D eigenvalue weighted by molar-refractivity contribution is 6.74. The molecule has 0 aromatic heterocycles. The smallest absolute Gasteiger partial charge is 0.331 e. The van der Waals surface area contributed by atoms with Crippen LogP contribution in [0.2, 0.25) is 36.3 Å². The molecule has 318 valence electrons. The van der Waals surface area contributed by atoms with Gasteiger partial charge in [0.1, 0.15) is 6.10 Å². The lowest BCUT2D eigenvalue weighted by Gasteiger charge is -2.50. The molecule has 0 aromatic rings. The molecular formula is C46H78O8Si2. The lowest BCUT2D eigenvalue weighted by molar-refractivity contribution is -0.202. The SMILES string of the molecule is CC1=C/[C@@H]2O[C@H](C/C=C/C=C/C(=O)O[C@@H]3C[C@@H](/C=C/C\C=C\1)O[C@@H](CCOC(=O)C(C)(C)C)[C@]3(C)CO[Si](C)(C)C(C)(C)C)C[C@@H](O[Si](C)(C)C(C)(C)C)[C@@H]2C. The summed E-state index contributed by atoms with van der Waals surface area (Å²) in [4.78, 5) is 26.3. The van der Waals surface area contributed by atoms with Crippen LogP contribution in [0.15, 0.2) is 60.3 Å². The van der Waals surface area contributed by atoms with Crippen LogP contribution < -0.4 is 0 Å². The van der Waals surface area contributed by atoms with E-state index in [2.05, 4.69) is 125 Å². The lowest BCUT2D eigenvalue weighted by atomic mass is 9.73. The second-order valence-electron chi connectivity index (χ2n) is 20.8. The number of carbonyl (C=O) groups is 2. The molecule has 0 radical (unpaired) electrons. The number of rotatable bonds is 8. The Bertz CT molecular complexity index is 1470. The van der Waals surface area contributed by atoms with E-state index in [4.69, 9.17) is 27.8 Å². The Morgan fingerprint density at radius 1 is 0.893 bits per heavy atom. The topological polar surface area (TPSA) is 89.5 Å². The Balaban J connectivity index is 1.96. The van der Waals surface area contributed by atoms with E-state index in [-0.39, 0.29) is 53.0 Å². The van der Waals surface area contributed by atoms with Crippen LogP contribution in [0.1, 0.15) is 115 Å². The predicted molar refractivity (Wildman–Crippen MR) is 234 cm³/mol. The minimum atomic E-state index is -2.18. The normalized spacial score (nSPS) is 33.6. The second-order valence-corrected chi connectivity index (χ2v) is 30.4. The molecule has 3 aliphatic heterocycles. The van der Waals surface area contributed by atoms with Crippen molar-refractivity contribution in [2.45, 2.75) is 188 Å². The van der Waals surface area contributed by atoms with Crippen LogP contribution in [-0.4, -0.2) is 78.4 Å². The van der Waals surface area contributed by atoms with Crippen molar-refractivity contribution >= 4 is 28.6 Å². The average Bonchev–Trinajstić information content (AvgIpc) is 3.05. The Labute approximate surface area is 343 Å². The summed E-state index contributed by atoms with van der Waals surface area (Å²) >= 11 is 0. The van der Waals surface area contributed by atoms with Crippen molar-refractivity contribution in [1.82, 2.24) is 0 Å². The first-order valence-electron chi connectivity index (χ1n) is 21.0. The Hall–Kier alpha value is -2.09. The van der Waals surface area contributed by atoms with E-state index in [9.17, 15) is 9.59 Å². The monoisotopic (exact) mass is 815 g/mol. The van der Waals surface area contributed by atoms with Gasteiger partial charge in [-0.25, -0.2) is 4.79 Å². The van der Waals surface area contributed by atoms with E-state index < -0.39 is 45.6 Å². The van der Waals surface area contributed by atoms with E-state index >= 15 is 0 Å². The summed E-state index contributed by atoms with van der Waals surface area (Å²) in [6, 6.07) is 0. The molecular weight excluding hydrogens is 737 g/mol. The average molecular weight is 815 g/mol. The molecule has 8 atom stereocenters. The number of ether oxygens (including phenoxy) is 4. The third kappa shape index (κ3) is 13.5. The van der Waals surface area contributed by atoms with Gasteiger partial charge in [0.05, 0.1) is 48.0 Å². The number of hydrogen-bond acceptors (Lipinski definition) is 8. The van der Waals surface area contributed by atoms with Crippen LogP contribution in [0.5, 0.6) is 0 Å². The Kier molecular flexibility index (Phi) is 16.7. The van der Waals surface area contributed by atoms with E-state index in [1.165, 1.54) is 6.08 Å². The zero-order valence-corrected chi connectivity index (χ0v) is 40.0. The maximum absolute atomic E-state index is 13.6. The first-order chi connectivity index (χ1) is 25.7. The molecule has 3 heterocycles. The summed E-state index contributed by atoms with van der Waals surface area (Å²) in [6.07, 6.45) is 20.0. The molecule has 8 nitrogen and oxygen atoms in total. The van der Waals surface area contributed by atoms with Gasteiger partial charge in [0.15, 0.2) is 16.6 Å². The van der Waals surface area contributed by atoms with Crippen molar-refractivity contribution in [2.24, 2.45) is 16.7 Å². The van der Waals surface area contributed by atoms with Crippen molar-refractivity contribution in [3.63, 3.8) is 0 Å². The maximum Gasteiger partial charge on any atom is 0.331 e. The molecule has 0 amide bonds. The maximum atomic E-state index is 13.6. The van der Waals surface area contributed by atoms with E-state index in [0.717, 1.165) is 12.0 Å². The number of carbonyl (C=O) groups excluding carboxylic acids is 2. The van der Waals surface area contributed by atoms with Crippen LogP contribution in [0, 0.1) is 16.7 Å². The fraction of sp³-hybridized carbons (Fsp3) is 0.739. The van der Waals surface area contributed by atoms with Crippen LogP contribution in [0.25, 0.3) is 0 Å². The molecule has 0 spiro atoms. The third-order valence-electron chi connectivity index (χ3n) is 12.8. The standard InChI is InChI=1S/C46H78O8Si2/c1-33-23-19-17-20-25-36-31-40(46(12,32-50-55(13,14)44(6,7)8)39(52-36)27-28-49-42(48)43(3,4)5)53-41(47)26-22-18-21-24-35-30-38(34(2)37(29-33)51-35)54-56(15,16)45(9,10)11/h18-23,25-26,29,34-40H,17,24,27-28,30-32H2,1-16H3/b21-18+,23-19+,25-20+,26-22+,33-29-/t34-,35-,36-,37+,38-,39+,40-,46+/m1/s1. The minimum Gasteiger partial charge on any atom is -0.465 e. The highest BCUT2D eigenvalue weighted by Crippen LogP contribution is 2.45. The third-order valence-corrected chi connectivity index (χ3v) is 21.8. The minimum absolute atomic E-state index is 0.00875. The summed E-state index contributed by atoms with van der Waals surface area (Å²) in [5.41, 5.74) is -0.156. The molecule has 4 bridgehead atoms. The molecule has 0 unspecified atom stereocenters. The molecule has 3 rings (SSSR count). The molecule has 56 heavy (non-hydrogen) atoms.